The average Bonchev–Trinajstić information content (AvgIpc) is 2.22. The van der Waals surface area contributed by atoms with Gasteiger partial charge in [0.15, 0.2) is 0 Å². The summed E-state index contributed by atoms with van der Waals surface area (Å²) in [6.45, 7) is 5.25. The van der Waals surface area contributed by atoms with Gasteiger partial charge in [-0.25, -0.2) is 4.79 Å². The van der Waals surface area contributed by atoms with E-state index in [1.54, 1.807) is 0 Å². The first kappa shape index (κ1) is 16.0. The minimum atomic E-state index is -0.346. The normalized spacial score (nSPS) is 12.5. The maximum atomic E-state index is 10.9. The first-order chi connectivity index (χ1) is 7.56. The Bertz CT molecular complexity index is 210. The second-order valence-corrected chi connectivity index (χ2v) is 6.87. The molecular formula is C11H18Cl2O2Si. The second-order valence-electron chi connectivity index (χ2n) is 3.56. The highest BCUT2D eigenvalue weighted by molar-refractivity contribution is 6.68. The van der Waals surface area contributed by atoms with Gasteiger partial charge in [-0.3, -0.25) is 0 Å². The summed E-state index contributed by atoms with van der Waals surface area (Å²) < 4.78 is 4.83. The summed E-state index contributed by atoms with van der Waals surface area (Å²) in [5.41, 5.74) is 0. The molecular weight excluding hydrogens is 263 g/mol. The highest BCUT2D eigenvalue weighted by Gasteiger charge is 2.06. The Morgan fingerprint density at radius 2 is 2.12 bits per heavy atom. The molecule has 0 aromatic rings. The van der Waals surface area contributed by atoms with Crippen molar-refractivity contribution in [3.63, 3.8) is 0 Å². The molecule has 0 bridgehead atoms. The monoisotopic (exact) mass is 280 g/mol. The van der Waals surface area contributed by atoms with E-state index >= 15 is 0 Å². The lowest BCUT2D eigenvalue weighted by atomic mass is 10.1. The van der Waals surface area contributed by atoms with Crippen molar-refractivity contribution in [3.05, 3.63) is 12.7 Å². The van der Waals surface area contributed by atoms with Gasteiger partial charge in [0, 0.05) is 6.08 Å². The van der Waals surface area contributed by atoms with Crippen LogP contribution in [0.1, 0.15) is 32.6 Å². The Morgan fingerprint density at radius 1 is 1.44 bits per heavy atom. The number of esters is 1. The molecule has 0 saturated heterocycles. The quantitative estimate of drug-likeness (QED) is 0.212. The standard InChI is InChI=1S/C11H18Cl2O2Si/c1-3-10(14)15-9(2)7-5-4-6-8-16-11(12)13/h3,9,11H,1,4-8H2,2H3. The molecule has 0 aromatic heterocycles. The van der Waals surface area contributed by atoms with Crippen molar-refractivity contribution in [1.82, 2.24) is 0 Å². The molecule has 0 spiro atoms. The van der Waals surface area contributed by atoms with Crippen molar-refractivity contribution >= 4 is 38.7 Å². The molecule has 0 rings (SSSR count). The van der Waals surface area contributed by atoms with Gasteiger partial charge >= 0.3 is 5.97 Å². The third-order valence-corrected chi connectivity index (χ3v) is 3.95. The Balaban J connectivity index is 3.30. The number of hydrogen-bond donors (Lipinski definition) is 0. The number of unbranched alkanes of at least 4 members (excludes halogenated alkanes) is 2. The molecule has 0 fully saturated rings. The number of alkyl halides is 2. The highest BCUT2D eigenvalue weighted by atomic mass is 35.5. The largest absolute Gasteiger partial charge is 0.460 e. The third kappa shape index (κ3) is 10.5. The lowest BCUT2D eigenvalue weighted by molar-refractivity contribution is -0.142. The molecule has 0 aliphatic heterocycles. The smallest absolute Gasteiger partial charge is 0.330 e. The topological polar surface area (TPSA) is 26.3 Å². The van der Waals surface area contributed by atoms with Crippen LogP contribution in [0, 0.1) is 0 Å². The van der Waals surface area contributed by atoms with E-state index in [2.05, 4.69) is 6.58 Å². The van der Waals surface area contributed by atoms with Crippen LogP contribution in [0.3, 0.4) is 0 Å². The SMILES string of the molecule is C=CC(=O)OC(C)CCCCC[Si]C(Cl)Cl. The van der Waals surface area contributed by atoms with Crippen LogP contribution in [0.2, 0.25) is 6.04 Å². The van der Waals surface area contributed by atoms with Gasteiger partial charge in [-0.15, -0.1) is 23.2 Å². The van der Waals surface area contributed by atoms with Crippen LogP contribution in [-0.4, -0.2) is 26.1 Å². The fraction of sp³-hybridized carbons (Fsp3) is 0.727. The predicted molar refractivity (Wildman–Crippen MR) is 70.3 cm³/mol. The van der Waals surface area contributed by atoms with Gasteiger partial charge in [0.1, 0.15) is 0 Å². The van der Waals surface area contributed by atoms with Gasteiger partial charge in [0.25, 0.3) is 0 Å². The highest BCUT2D eigenvalue weighted by Crippen LogP contribution is 2.10. The molecule has 0 amide bonds. The van der Waals surface area contributed by atoms with Gasteiger partial charge in [-0.1, -0.05) is 25.5 Å². The fourth-order valence-corrected chi connectivity index (χ4v) is 2.58. The number of hydrogen-bond acceptors (Lipinski definition) is 2. The summed E-state index contributed by atoms with van der Waals surface area (Å²) in [6, 6.07) is 1.08. The summed E-state index contributed by atoms with van der Waals surface area (Å²) >= 11 is 11.3. The molecule has 0 aliphatic rings. The molecule has 16 heavy (non-hydrogen) atoms. The fourth-order valence-electron chi connectivity index (χ4n) is 1.25. The number of rotatable bonds is 9. The molecule has 0 N–H and O–H groups in total. The zero-order valence-corrected chi connectivity index (χ0v) is 12.1. The van der Waals surface area contributed by atoms with Crippen LogP contribution >= 0.6 is 23.2 Å². The Labute approximate surface area is 110 Å². The van der Waals surface area contributed by atoms with E-state index in [1.807, 2.05) is 6.92 Å². The summed E-state index contributed by atoms with van der Waals surface area (Å²) in [5.74, 6) is -0.346. The number of carbonyl (C=O) groups is 1. The molecule has 1 atom stereocenters. The van der Waals surface area contributed by atoms with Crippen molar-refractivity contribution in [2.75, 3.05) is 0 Å². The van der Waals surface area contributed by atoms with E-state index < -0.39 is 0 Å². The maximum Gasteiger partial charge on any atom is 0.330 e. The Morgan fingerprint density at radius 3 is 2.69 bits per heavy atom. The molecule has 1 unspecified atom stereocenters. The van der Waals surface area contributed by atoms with Crippen LogP contribution in [-0.2, 0) is 9.53 Å². The van der Waals surface area contributed by atoms with E-state index in [9.17, 15) is 4.79 Å². The summed E-state index contributed by atoms with van der Waals surface area (Å²) in [4.78, 5) is 10.9. The third-order valence-electron chi connectivity index (χ3n) is 2.07. The molecule has 0 aliphatic carbocycles. The molecule has 0 heterocycles. The number of halogens is 2. The zero-order chi connectivity index (χ0) is 12.4. The minimum Gasteiger partial charge on any atom is -0.460 e. The summed E-state index contributed by atoms with van der Waals surface area (Å²) in [7, 11) is 0.623. The van der Waals surface area contributed by atoms with Gasteiger partial charge in [0.05, 0.1) is 20.1 Å². The van der Waals surface area contributed by atoms with Crippen molar-refractivity contribution in [1.29, 1.82) is 0 Å². The van der Waals surface area contributed by atoms with Gasteiger partial charge in [-0.05, 0) is 19.8 Å². The van der Waals surface area contributed by atoms with Crippen LogP contribution in [0.5, 0.6) is 0 Å². The maximum absolute atomic E-state index is 10.9. The Kier molecular flexibility index (Phi) is 10.2. The lowest BCUT2D eigenvalue weighted by Gasteiger charge is -2.11. The molecule has 0 aromatic carbocycles. The first-order valence-electron chi connectivity index (χ1n) is 5.41. The van der Waals surface area contributed by atoms with E-state index in [1.165, 1.54) is 6.08 Å². The Hall–Kier alpha value is 0.00688. The first-order valence-corrected chi connectivity index (χ1v) is 7.56. The molecule has 2 nitrogen and oxygen atoms in total. The van der Waals surface area contributed by atoms with E-state index in [4.69, 9.17) is 27.9 Å². The summed E-state index contributed by atoms with van der Waals surface area (Å²) in [6.07, 6.45) is 5.39. The van der Waals surface area contributed by atoms with E-state index in [0.717, 1.165) is 31.7 Å². The van der Waals surface area contributed by atoms with Crippen LogP contribution in [0.4, 0.5) is 0 Å². The number of ether oxygens (including phenoxy) is 1. The van der Waals surface area contributed by atoms with E-state index in [0.29, 0.717) is 9.52 Å². The number of carbonyl (C=O) groups excluding carboxylic acids is 1. The van der Waals surface area contributed by atoms with Crippen molar-refractivity contribution in [2.45, 2.75) is 49.2 Å². The van der Waals surface area contributed by atoms with Gasteiger partial charge in [0.2, 0.25) is 0 Å². The van der Waals surface area contributed by atoms with Crippen LogP contribution < -0.4 is 0 Å². The van der Waals surface area contributed by atoms with Crippen LogP contribution in [0.15, 0.2) is 12.7 Å². The summed E-state index contributed by atoms with van der Waals surface area (Å²) in [5, 5.41) is 0. The molecule has 0 saturated carbocycles. The predicted octanol–water partition coefficient (Wildman–Crippen LogP) is 3.55. The second kappa shape index (κ2) is 10.2. The lowest BCUT2D eigenvalue weighted by Crippen LogP contribution is -2.12. The van der Waals surface area contributed by atoms with Crippen LogP contribution in [0.25, 0.3) is 0 Å². The van der Waals surface area contributed by atoms with Gasteiger partial charge < -0.3 is 4.74 Å². The zero-order valence-electron chi connectivity index (χ0n) is 9.55. The van der Waals surface area contributed by atoms with Crippen molar-refractivity contribution in [2.24, 2.45) is 0 Å². The van der Waals surface area contributed by atoms with Crippen molar-refractivity contribution in [3.8, 4) is 0 Å². The molecule has 2 radical (unpaired) electrons. The van der Waals surface area contributed by atoms with Gasteiger partial charge in [-0.2, -0.15) is 0 Å². The minimum absolute atomic E-state index is 0.0262. The van der Waals surface area contributed by atoms with Crippen molar-refractivity contribution < 1.29 is 9.53 Å². The average molecular weight is 281 g/mol. The molecule has 5 heteroatoms. The molecule has 92 valence electrons. The van der Waals surface area contributed by atoms with E-state index in [-0.39, 0.29) is 16.5 Å².